The van der Waals surface area contributed by atoms with E-state index in [0.29, 0.717) is 6.04 Å². The van der Waals surface area contributed by atoms with Crippen molar-refractivity contribution < 1.29 is 4.74 Å². The molecule has 94 valence electrons. The summed E-state index contributed by atoms with van der Waals surface area (Å²) < 4.78 is 5.28. The first-order chi connectivity index (χ1) is 8.26. The molecule has 0 saturated heterocycles. The molecule has 1 aliphatic heterocycles. The van der Waals surface area contributed by atoms with Crippen molar-refractivity contribution >= 4 is 17.4 Å². The van der Waals surface area contributed by atoms with Gasteiger partial charge in [-0.25, -0.2) is 0 Å². The average Bonchev–Trinajstić information content (AvgIpc) is 2.37. The Morgan fingerprint density at radius 2 is 2.35 bits per heavy atom. The van der Waals surface area contributed by atoms with Gasteiger partial charge in [0.1, 0.15) is 5.75 Å². The highest BCUT2D eigenvalue weighted by molar-refractivity contribution is 7.99. The summed E-state index contributed by atoms with van der Waals surface area (Å²) in [5.74, 6) is 2.09. The Morgan fingerprint density at radius 1 is 1.53 bits per heavy atom. The smallest absolute Gasteiger partial charge is 0.120 e. The normalized spacial score (nSPS) is 19.0. The molecule has 1 aliphatic rings. The highest BCUT2D eigenvalue weighted by Gasteiger charge is 2.23. The summed E-state index contributed by atoms with van der Waals surface area (Å²) in [5, 5.41) is 3.22. The summed E-state index contributed by atoms with van der Waals surface area (Å²) in [5.41, 5.74) is 1.34. The van der Waals surface area contributed by atoms with Crippen molar-refractivity contribution in [3.63, 3.8) is 0 Å². The lowest BCUT2D eigenvalue weighted by Gasteiger charge is -2.36. The zero-order chi connectivity index (χ0) is 12.3. The van der Waals surface area contributed by atoms with Gasteiger partial charge in [0, 0.05) is 29.8 Å². The fraction of sp³-hybridized carbons (Fsp3) is 0.538. The van der Waals surface area contributed by atoms with E-state index in [1.54, 1.807) is 7.11 Å². The van der Waals surface area contributed by atoms with Gasteiger partial charge in [-0.05, 0) is 32.2 Å². The molecule has 4 heteroatoms. The van der Waals surface area contributed by atoms with E-state index in [1.165, 1.54) is 10.6 Å². The van der Waals surface area contributed by atoms with Crippen molar-refractivity contribution in [1.82, 2.24) is 5.32 Å². The monoisotopic (exact) mass is 252 g/mol. The SMILES string of the molecule is CNCCN1c2ccc(OC)cc2SCC1C. The first-order valence-corrected chi connectivity index (χ1v) is 6.97. The lowest BCUT2D eigenvalue weighted by molar-refractivity contribution is 0.413. The summed E-state index contributed by atoms with van der Waals surface area (Å²) in [6, 6.07) is 6.95. The van der Waals surface area contributed by atoms with Crippen LogP contribution in [-0.4, -0.2) is 39.0 Å². The van der Waals surface area contributed by atoms with E-state index in [9.17, 15) is 0 Å². The number of fused-ring (bicyclic) bond motifs is 1. The molecule has 2 rings (SSSR count). The number of nitrogens with zero attached hydrogens (tertiary/aromatic N) is 1. The van der Waals surface area contributed by atoms with Crippen LogP contribution < -0.4 is 15.0 Å². The number of anilines is 1. The molecule has 0 aliphatic carbocycles. The van der Waals surface area contributed by atoms with Crippen LogP contribution >= 0.6 is 11.8 Å². The molecule has 0 amide bonds. The Hall–Kier alpha value is -0.870. The molecule has 1 aromatic carbocycles. The first-order valence-electron chi connectivity index (χ1n) is 5.98. The molecule has 0 radical (unpaired) electrons. The number of rotatable bonds is 4. The van der Waals surface area contributed by atoms with Crippen LogP contribution in [0.4, 0.5) is 5.69 Å². The van der Waals surface area contributed by atoms with Crippen molar-refractivity contribution in [3.05, 3.63) is 18.2 Å². The number of likely N-dealkylation sites (N-methyl/N-ethyl adjacent to an activating group) is 1. The van der Waals surface area contributed by atoms with Crippen LogP contribution in [0.2, 0.25) is 0 Å². The maximum atomic E-state index is 5.28. The predicted molar refractivity (Wildman–Crippen MR) is 74.5 cm³/mol. The highest BCUT2D eigenvalue weighted by atomic mass is 32.2. The van der Waals surface area contributed by atoms with Crippen LogP contribution in [-0.2, 0) is 0 Å². The standard InChI is InChI=1S/C13H20N2OS/c1-10-9-17-13-8-11(16-3)4-5-12(13)15(10)7-6-14-2/h4-5,8,10,14H,6-7,9H2,1-3H3. The minimum absolute atomic E-state index is 0.592. The van der Waals surface area contributed by atoms with E-state index in [1.807, 2.05) is 24.9 Å². The van der Waals surface area contributed by atoms with Gasteiger partial charge < -0.3 is 15.0 Å². The summed E-state index contributed by atoms with van der Waals surface area (Å²) >= 11 is 1.92. The Balaban J connectivity index is 2.24. The van der Waals surface area contributed by atoms with Crippen LogP contribution in [0.3, 0.4) is 0 Å². The zero-order valence-electron chi connectivity index (χ0n) is 10.7. The molecule has 1 N–H and O–H groups in total. The quantitative estimate of drug-likeness (QED) is 0.888. The van der Waals surface area contributed by atoms with E-state index >= 15 is 0 Å². The lowest BCUT2D eigenvalue weighted by Crippen LogP contribution is -2.41. The molecule has 1 atom stereocenters. The lowest BCUT2D eigenvalue weighted by atomic mass is 10.2. The molecule has 1 aromatic rings. The van der Waals surface area contributed by atoms with Gasteiger partial charge >= 0.3 is 0 Å². The Labute approximate surface area is 108 Å². The molecule has 3 nitrogen and oxygen atoms in total. The third-order valence-electron chi connectivity index (χ3n) is 3.09. The van der Waals surface area contributed by atoms with Crippen molar-refractivity contribution in [2.75, 3.05) is 37.9 Å². The first kappa shape index (κ1) is 12.6. The van der Waals surface area contributed by atoms with Gasteiger partial charge in [0.15, 0.2) is 0 Å². The zero-order valence-corrected chi connectivity index (χ0v) is 11.5. The van der Waals surface area contributed by atoms with Crippen molar-refractivity contribution in [2.24, 2.45) is 0 Å². The molecule has 0 aromatic heterocycles. The second-order valence-electron chi connectivity index (χ2n) is 4.29. The Morgan fingerprint density at radius 3 is 3.06 bits per heavy atom. The van der Waals surface area contributed by atoms with Crippen molar-refractivity contribution in [2.45, 2.75) is 17.9 Å². The average molecular weight is 252 g/mol. The van der Waals surface area contributed by atoms with Crippen LogP contribution in [0, 0.1) is 0 Å². The highest BCUT2D eigenvalue weighted by Crippen LogP contribution is 2.39. The fourth-order valence-corrected chi connectivity index (χ4v) is 3.22. The molecule has 1 unspecified atom stereocenters. The number of ether oxygens (including phenoxy) is 1. The molecule has 0 fully saturated rings. The van der Waals surface area contributed by atoms with Gasteiger partial charge in [0.05, 0.1) is 12.8 Å². The van der Waals surface area contributed by atoms with Crippen LogP contribution in [0.25, 0.3) is 0 Å². The number of nitrogens with one attached hydrogen (secondary N) is 1. The molecule has 0 saturated carbocycles. The van der Waals surface area contributed by atoms with E-state index in [4.69, 9.17) is 4.74 Å². The van der Waals surface area contributed by atoms with Gasteiger partial charge in [0.25, 0.3) is 0 Å². The summed E-state index contributed by atoms with van der Waals surface area (Å²) in [4.78, 5) is 3.81. The maximum absolute atomic E-state index is 5.28. The molecule has 17 heavy (non-hydrogen) atoms. The van der Waals surface area contributed by atoms with Crippen LogP contribution in [0.5, 0.6) is 5.75 Å². The molecule has 0 spiro atoms. The predicted octanol–water partition coefficient (Wildman–Crippen LogP) is 2.22. The number of hydrogen-bond donors (Lipinski definition) is 1. The minimum atomic E-state index is 0.592. The van der Waals surface area contributed by atoms with Gasteiger partial charge in [0.2, 0.25) is 0 Å². The van der Waals surface area contributed by atoms with E-state index in [0.717, 1.165) is 24.6 Å². The number of hydrogen-bond acceptors (Lipinski definition) is 4. The summed E-state index contributed by atoms with van der Waals surface area (Å²) in [6.45, 7) is 4.36. The van der Waals surface area contributed by atoms with Crippen molar-refractivity contribution in [3.8, 4) is 5.75 Å². The van der Waals surface area contributed by atoms with Crippen molar-refractivity contribution in [1.29, 1.82) is 0 Å². The topological polar surface area (TPSA) is 24.5 Å². The molecular formula is C13H20N2OS. The van der Waals surface area contributed by atoms with Gasteiger partial charge in [-0.1, -0.05) is 0 Å². The van der Waals surface area contributed by atoms with E-state index < -0.39 is 0 Å². The van der Waals surface area contributed by atoms with Gasteiger partial charge in [-0.15, -0.1) is 11.8 Å². The van der Waals surface area contributed by atoms with Gasteiger partial charge in [-0.3, -0.25) is 0 Å². The minimum Gasteiger partial charge on any atom is -0.497 e. The second-order valence-corrected chi connectivity index (χ2v) is 5.35. The Kier molecular flexibility index (Phi) is 4.18. The Bertz CT molecular complexity index is 384. The number of thioether (sulfide) groups is 1. The van der Waals surface area contributed by atoms with Gasteiger partial charge in [-0.2, -0.15) is 0 Å². The summed E-state index contributed by atoms with van der Waals surface area (Å²) in [7, 11) is 3.72. The molecule has 1 heterocycles. The third-order valence-corrected chi connectivity index (χ3v) is 4.38. The summed E-state index contributed by atoms with van der Waals surface area (Å²) in [6.07, 6.45) is 0. The number of benzene rings is 1. The van der Waals surface area contributed by atoms with Crippen LogP contribution in [0.15, 0.2) is 23.1 Å². The molecular weight excluding hydrogens is 232 g/mol. The largest absolute Gasteiger partial charge is 0.497 e. The second kappa shape index (κ2) is 5.65. The fourth-order valence-electron chi connectivity index (χ4n) is 2.09. The molecule has 0 bridgehead atoms. The van der Waals surface area contributed by atoms with E-state index in [2.05, 4.69) is 29.3 Å². The van der Waals surface area contributed by atoms with E-state index in [-0.39, 0.29) is 0 Å². The number of methoxy groups -OCH3 is 1. The maximum Gasteiger partial charge on any atom is 0.120 e. The van der Waals surface area contributed by atoms with Crippen LogP contribution in [0.1, 0.15) is 6.92 Å². The third kappa shape index (κ3) is 2.69.